The second kappa shape index (κ2) is 10.3. The van der Waals surface area contributed by atoms with E-state index in [9.17, 15) is 4.79 Å². The number of para-hydroxylation sites is 1. The Morgan fingerprint density at radius 3 is 2.20 bits per heavy atom. The number of halogens is 1. The maximum absolute atomic E-state index is 12.2. The number of aromatic nitrogens is 2. The van der Waals surface area contributed by atoms with Gasteiger partial charge in [0.25, 0.3) is 0 Å². The molecule has 2 aromatic heterocycles. The fourth-order valence-electron chi connectivity index (χ4n) is 3.80. The summed E-state index contributed by atoms with van der Waals surface area (Å²) < 4.78 is 5.68. The predicted octanol–water partition coefficient (Wildman–Crippen LogP) is 6.84. The van der Waals surface area contributed by atoms with Crippen LogP contribution in [0.2, 0.25) is 5.22 Å². The molecule has 2 amide bonds. The molecular weight excluding hydrogens is 462 g/mol. The minimum Gasteiger partial charge on any atom is -0.425 e. The van der Waals surface area contributed by atoms with E-state index in [1.807, 2.05) is 84.9 Å². The molecule has 3 aromatic carbocycles. The lowest BCUT2D eigenvalue weighted by atomic mass is 10.1. The molecule has 0 radical (unpaired) electrons. The van der Waals surface area contributed by atoms with Crippen LogP contribution in [-0.2, 0) is 6.42 Å². The molecule has 2 heterocycles. The minimum atomic E-state index is -0.286. The summed E-state index contributed by atoms with van der Waals surface area (Å²) in [5.41, 5.74) is 4.72. The second-order valence-electron chi connectivity index (χ2n) is 7.84. The van der Waals surface area contributed by atoms with Crippen LogP contribution < -0.4 is 16.0 Å². The van der Waals surface area contributed by atoms with Gasteiger partial charge in [-0.05, 0) is 53.4 Å². The van der Waals surface area contributed by atoms with Crippen molar-refractivity contribution in [3.05, 3.63) is 102 Å². The van der Waals surface area contributed by atoms with Crippen LogP contribution in [0.4, 0.5) is 22.0 Å². The summed E-state index contributed by atoms with van der Waals surface area (Å²) in [6.07, 6.45) is 2.22. The highest BCUT2D eigenvalue weighted by Crippen LogP contribution is 2.39. The van der Waals surface area contributed by atoms with Crippen LogP contribution >= 0.6 is 11.6 Å². The molecule has 0 atom stereocenters. The number of nitrogens with zero attached hydrogens (tertiary/aromatic N) is 2. The van der Waals surface area contributed by atoms with Crippen LogP contribution in [-0.4, -0.2) is 22.5 Å². The Kier molecular flexibility index (Phi) is 6.59. The molecule has 174 valence electrons. The first-order valence-corrected chi connectivity index (χ1v) is 11.5. The van der Waals surface area contributed by atoms with Gasteiger partial charge < -0.3 is 20.4 Å². The summed E-state index contributed by atoms with van der Waals surface area (Å²) in [5, 5.41) is 10.1. The predicted molar refractivity (Wildman–Crippen MR) is 140 cm³/mol. The molecule has 0 aliphatic carbocycles. The molecule has 0 bridgehead atoms. The Morgan fingerprint density at radius 2 is 1.49 bits per heavy atom. The van der Waals surface area contributed by atoms with Gasteiger partial charge in [0.1, 0.15) is 12.1 Å². The van der Waals surface area contributed by atoms with E-state index in [2.05, 4.69) is 25.9 Å². The monoisotopic (exact) mass is 483 g/mol. The first-order chi connectivity index (χ1) is 17.2. The number of benzene rings is 3. The van der Waals surface area contributed by atoms with E-state index >= 15 is 0 Å². The largest absolute Gasteiger partial charge is 0.425 e. The maximum Gasteiger partial charge on any atom is 0.323 e. The number of hydrogen-bond donors (Lipinski definition) is 3. The number of rotatable bonds is 7. The molecule has 35 heavy (non-hydrogen) atoms. The van der Waals surface area contributed by atoms with E-state index in [0.717, 1.165) is 34.2 Å². The molecule has 0 aliphatic heterocycles. The van der Waals surface area contributed by atoms with Gasteiger partial charge in [-0.15, -0.1) is 0 Å². The SMILES string of the molecule is O=C(Nc1ccccc1)Nc1ccc(CCNc2ncnc3oc(Cl)c(-c4ccccc4)c23)cc1. The van der Waals surface area contributed by atoms with Crippen molar-refractivity contribution in [3.63, 3.8) is 0 Å². The van der Waals surface area contributed by atoms with Crippen LogP contribution in [0.3, 0.4) is 0 Å². The third-order valence-electron chi connectivity index (χ3n) is 5.46. The number of amides is 2. The minimum absolute atomic E-state index is 0.286. The Labute approximate surface area is 207 Å². The van der Waals surface area contributed by atoms with Gasteiger partial charge in [-0.2, -0.15) is 0 Å². The first-order valence-electron chi connectivity index (χ1n) is 11.1. The first kappa shape index (κ1) is 22.4. The lowest BCUT2D eigenvalue weighted by Crippen LogP contribution is -2.19. The number of nitrogens with one attached hydrogen (secondary N) is 3. The van der Waals surface area contributed by atoms with Gasteiger partial charge in [-0.1, -0.05) is 60.7 Å². The van der Waals surface area contributed by atoms with Crippen molar-refractivity contribution in [2.75, 3.05) is 22.5 Å². The highest BCUT2D eigenvalue weighted by molar-refractivity contribution is 6.34. The summed E-state index contributed by atoms with van der Waals surface area (Å²) in [7, 11) is 0. The van der Waals surface area contributed by atoms with Crippen molar-refractivity contribution >= 4 is 45.9 Å². The molecule has 0 fully saturated rings. The van der Waals surface area contributed by atoms with Crippen molar-refractivity contribution in [1.82, 2.24) is 9.97 Å². The topological polar surface area (TPSA) is 92.1 Å². The summed E-state index contributed by atoms with van der Waals surface area (Å²) >= 11 is 6.40. The van der Waals surface area contributed by atoms with E-state index < -0.39 is 0 Å². The quantitative estimate of drug-likeness (QED) is 0.235. The molecule has 0 saturated heterocycles. The van der Waals surface area contributed by atoms with E-state index in [4.69, 9.17) is 16.0 Å². The van der Waals surface area contributed by atoms with Gasteiger partial charge in [0.15, 0.2) is 0 Å². The molecule has 0 spiro atoms. The number of anilines is 3. The lowest BCUT2D eigenvalue weighted by molar-refractivity contribution is 0.262. The number of fused-ring (bicyclic) bond motifs is 1. The molecule has 5 rings (SSSR count). The summed E-state index contributed by atoms with van der Waals surface area (Å²) in [6, 6.07) is 26.6. The van der Waals surface area contributed by atoms with Crippen molar-refractivity contribution in [2.24, 2.45) is 0 Å². The van der Waals surface area contributed by atoms with Gasteiger partial charge in [0.05, 0.1) is 10.9 Å². The Bertz CT molecular complexity index is 1440. The third kappa shape index (κ3) is 5.26. The molecule has 5 aromatic rings. The van der Waals surface area contributed by atoms with Crippen LogP contribution in [0.1, 0.15) is 5.56 Å². The van der Waals surface area contributed by atoms with Crippen molar-refractivity contribution in [2.45, 2.75) is 6.42 Å². The van der Waals surface area contributed by atoms with Crippen molar-refractivity contribution in [3.8, 4) is 11.1 Å². The number of furan rings is 1. The lowest BCUT2D eigenvalue weighted by Gasteiger charge is -2.10. The zero-order valence-electron chi connectivity index (χ0n) is 18.7. The van der Waals surface area contributed by atoms with Gasteiger partial charge in [-0.25, -0.2) is 14.8 Å². The maximum atomic E-state index is 12.2. The number of carbonyl (C=O) groups excluding carboxylic acids is 1. The number of hydrogen-bond acceptors (Lipinski definition) is 5. The van der Waals surface area contributed by atoms with Crippen LogP contribution in [0.15, 0.2) is 95.7 Å². The highest BCUT2D eigenvalue weighted by atomic mass is 35.5. The molecular formula is C27H22ClN5O2. The molecule has 8 heteroatoms. The molecule has 0 aliphatic rings. The number of urea groups is 1. The van der Waals surface area contributed by atoms with Crippen molar-refractivity contribution in [1.29, 1.82) is 0 Å². The summed E-state index contributed by atoms with van der Waals surface area (Å²) in [6.45, 7) is 0.643. The van der Waals surface area contributed by atoms with E-state index in [1.165, 1.54) is 6.33 Å². The smallest absolute Gasteiger partial charge is 0.323 e. The summed E-state index contributed by atoms with van der Waals surface area (Å²) in [5.74, 6) is 0.667. The zero-order valence-corrected chi connectivity index (χ0v) is 19.4. The van der Waals surface area contributed by atoms with E-state index in [-0.39, 0.29) is 11.3 Å². The standard InChI is InChI=1S/C27H22ClN5O2/c28-24-22(19-7-3-1-4-8-19)23-25(30-17-31-26(23)35-24)29-16-15-18-11-13-21(14-12-18)33-27(34)32-20-9-5-2-6-10-20/h1-14,17H,15-16H2,(H,29,30,31)(H2,32,33,34). The van der Waals surface area contributed by atoms with Gasteiger partial charge in [-0.3, -0.25) is 0 Å². The van der Waals surface area contributed by atoms with Crippen LogP contribution in [0.5, 0.6) is 0 Å². The molecule has 3 N–H and O–H groups in total. The Balaban J connectivity index is 1.23. The molecule has 7 nitrogen and oxygen atoms in total. The van der Waals surface area contributed by atoms with E-state index in [0.29, 0.717) is 23.8 Å². The molecule has 0 unspecified atom stereocenters. The number of carbonyl (C=O) groups is 1. The fourth-order valence-corrected chi connectivity index (χ4v) is 4.07. The Hall–Kier alpha value is -4.36. The van der Waals surface area contributed by atoms with Gasteiger partial charge >= 0.3 is 6.03 Å². The zero-order chi connectivity index (χ0) is 24.0. The highest BCUT2D eigenvalue weighted by Gasteiger charge is 2.19. The van der Waals surface area contributed by atoms with Gasteiger partial charge in [0.2, 0.25) is 10.9 Å². The Morgan fingerprint density at radius 1 is 0.829 bits per heavy atom. The van der Waals surface area contributed by atoms with Crippen LogP contribution in [0, 0.1) is 0 Å². The molecule has 0 saturated carbocycles. The van der Waals surface area contributed by atoms with Crippen molar-refractivity contribution < 1.29 is 9.21 Å². The van der Waals surface area contributed by atoms with Crippen LogP contribution in [0.25, 0.3) is 22.2 Å². The summed E-state index contributed by atoms with van der Waals surface area (Å²) in [4.78, 5) is 20.8. The second-order valence-corrected chi connectivity index (χ2v) is 8.18. The average Bonchev–Trinajstić information content (AvgIpc) is 3.23. The average molecular weight is 484 g/mol. The van der Waals surface area contributed by atoms with E-state index in [1.54, 1.807) is 0 Å². The third-order valence-corrected chi connectivity index (χ3v) is 5.72. The van der Waals surface area contributed by atoms with Gasteiger partial charge in [0, 0.05) is 17.9 Å². The normalized spacial score (nSPS) is 10.8. The fraction of sp³-hybridized carbons (Fsp3) is 0.0741.